The Labute approximate surface area is 175 Å². The van der Waals surface area contributed by atoms with E-state index in [4.69, 9.17) is 25.8 Å². The number of hydrogen-bond acceptors (Lipinski definition) is 9. The third-order valence-corrected chi connectivity index (χ3v) is 7.14. The Morgan fingerprint density at radius 2 is 1.38 bits per heavy atom. The molecule has 1 spiro atoms. The zero-order valence-electron chi connectivity index (χ0n) is 15.1. The fourth-order valence-electron chi connectivity index (χ4n) is 3.72. The van der Waals surface area contributed by atoms with Gasteiger partial charge in [0.05, 0.1) is 9.75 Å². The van der Waals surface area contributed by atoms with E-state index in [0.717, 1.165) is 47.4 Å². The minimum atomic E-state index is -0.459. The van der Waals surface area contributed by atoms with Crippen LogP contribution in [0.1, 0.15) is 37.7 Å². The molecule has 3 heterocycles. The molecule has 2 aromatic rings. The first-order valence-corrected chi connectivity index (χ1v) is 10.5. The molecule has 4 rings (SSSR count). The Bertz CT molecular complexity index is 1180. The molecule has 0 bridgehead atoms. The van der Waals surface area contributed by atoms with Crippen molar-refractivity contribution in [1.82, 2.24) is 0 Å². The van der Waals surface area contributed by atoms with Gasteiger partial charge in [-0.05, 0) is 31.7 Å². The van der Waals surface area contributed by atoms with Crippen LogP contribution in [0.15, 0.2) is 22.1 Å². The second kappa shape index (κ2) is 7.49. The summed E-state index contributed by atoms with van der Waals surface area (Å²) < 4.78 is 6.49. The summed E-state index contributed by atoms with van der Waals surface area (Å²) in [6.45, 7) is 0. The topological polar surface area (TPSA) is 129 Å². The van der Waals surface area contributed by atoms with Gasteiger partial charge >= 0.3 is 0 Å². The van der Waals surface area contributed by atoms with Crippen LogP contribution in [0.2, 0.25) is 0 Å². The molecule has 0 radical (unpaired) electrons. The van der Waals surface area contributed by atoms with Gasteiger partial charge in [-0.15, -0.1) is 22.7 Å². The number of nitriles is 4. The van der Waals surface area contributed by atoms with E-state index in [1.807, 2.05) is 6.07 Å². The molecule has 1 aliphatic heterocycles. The minimum absolute atomic E-state index is 0.188. The van der Waals surface area contributed by atoms with Gasteiger partial charge in [0.1, 0.15) is 45.6 Å². The van der Waals surface area contributed by atoms with Gasteiger partial charge in [-0.25, -0.2) is 9.98 Å². The monoisotopic (exact) mass is 416 g/mol. The van der Waals surface area contributed by atoms with Crippen LogP contribution >= 0.6 is 22.7 Å². The molecule has 140 valence electrons. The van der Waals surface area contributed by atoms with Crippen molar-refractivity contribution in [1.29, 1.82) is 21.0 Å². The summed E-state index contributed by atoms with van der Waals surface area (Å²) in [5.41, 5.74) is 0.174. The molecular weight excluding hydrogens is 404 g/mol. The molecule has 0 N–H and O–H groups in total. The van der Waals surface area contributed by atoms with Crippen LogP contribution in [0.5, 0.6) is 5.75 Å². The smallest absolute Gasteiger partial charge is 0.219 e. The summed E-state index contributed by atoms with van der Waals surface area (Å²) in [6, 6.07) is 10.8. The summed E-state index contributed by atoms with van der Waals surface area (Å²) >= 11 is 2.76. The van der Waals surface area contributed by atoms with E-state index >= 15 is 0 Å². The fourth-order valence-corrected chi connectivity index (χ4v) is 5.96. The average molecular weight is 416 g/mol. The standard InChI is InChI=1S/C20H12N6OS2/c21-8-12(9-22)25-16-6-14-18(28-16)19-15(27-20(14)4-2-1-3-5-20)7-17(29-19)26-13(10-23)11-24/h6-7H,1-5H2. The van der Waals surface area contributed by atoms with E-state index in [-0.39, 0.29) is 11.4 Å². The maximum absolute atomic E-state index is 9.04. The van der Waals surface area contributed by atoms with Gasteiger partial charge in [0.25, 0.3) is 0 Å². The highest BCUT2D eigenvalue weighted by Gasteiger charge is 2.44. The normalized spacial score (nSPS) is 15.3. The van der Waals surface area contributed by atoms with E-state index in [0.29, 0.717) is 15.8 Å². The molecule has 0 unspecified atom stereocenters. The van der Waals surface area contributed by atoms with Gasteiger partial charge in [-0.3, -0.25) is 0 Å². The Morgan fingerprint density at radius 3 is 1.97 bits per heavy atom. The van der Waals surface area contributed by atoms with Crippen molar-refractivity contribution < 1.29 is 4.74 Å². The lowest BCUT2D eigenvalue weighted by atomic mass is 9.78. The molecule has 0 atom stereocenters. The summed E-state index contributed by atoms with van der Waals surface area (Å²) in [7, 11) is 0. The first-order valence-electron chi connectivity index (χ1n) is 8.88. The summed E-state index contributed by atoms with van der Waals surface area (Å²) in [6.07, 6.45) is 5.00. The quantitative estimate of drug-likeness (QED) is 0.616. The van der Waals surface area contributed by atoms with Gasteiger partial charge in [0.15, 0.2) is 0 Å². The Balaban J connectivity index is 1.87. The van der Waals surface area contributed by atoms with Crippen molar-refractivity contribution >= 4 is 44.1 Å². The van der Waals surface area contributed by atoms with E-state index < -0.39 is 5.60 Å². The Hall–Kier alpha value is -3.50. The third-order valence-electron chi connectivity index (χ3n) is 4.94. The van der Waals surface area contributed by atoms with E-state index in [9.17, 15) is 0 Å². The molecule has 29 heavy (non-hydrogen) atoms. The van der Waals surface area contributed by atoms with Crippen molar-refractivity contribution in [3.63, 3.8) is 0 Å². The summed E-state index contributed by atoms with van der Waals surface area (Å²) in [4.78, 5) is 10.2. The zero-order chi connectivity index (χ0) is 20.4. The van der Waals surface area contributed by atoms with Crippen LogP contribution < -0.4 is 4.74 Å². The minimum Gasteiger partial charge on any atom is -0.481 e. The van der Waals surface area contributed by atoms with Crippen molar-refractivity contribution in [3.05, 3.63) is 17.7 Å². The fraction of sp³-hybridized carbons (Fsp3) is 0.300. The Morgan fingerprint density at radius 1 is 0.828 bits per heavy atom. The summed E-state index contributed by atoms with van der Waals surface area (Å²) in [5, 5.41) is 37.2. The van der Waals surface area contributed by atoms with E-state index in [1.54, 1.807) is 30.3 Å². The number of rotatable bonds is 2. The van der Waals surface area contributed by atoms with Gasteiger partial charge in [-0.1, -0.05) is 6.42 Å². The molecule has 7 nitrogen and oxygen atoms in total. The van der Waals surface area contributed by atoms with Crippen LogP contribution in [-0.2, 0) is 5.60 Å². The molecule has 0 amide bonds. The van der Waals surface area contributed by atoms with Crippen molar-refractivity contribution in [3.8, 4) is 39.8 Å². The highest BCUT2D eigenvalue weighted by Crippen LogP contribution is 2.58. The molecule has 1 fully saturated rings. The maximum Gasteiger partial charge on any atom is 0.219 e. The maximum atomic E-state index is 9.04. The molecule has 9 heteroatoms. The lowest BCUT2D eigenvalue weighted by molar-refractivity contribution is 0.0251. The molecule has 0 aromatic carbocycles. The van der Waals surface area contributed by atoms with Crippen LogP contribution in [0.4, 0.5) is 10.0 Å². The lowest BCUT2D eigenvalue weighted by Gasteiger charge is -2.40. The molecule has 2 aliphatic rings. The largest absolute Gasteiger partial charge is 0.481 e. The number of fused-ring (bicyclic) bond motifs is 4. The van der Waals surface area contributed by atoms with Crippen LogP contribution in [0, 0.1) is 45.3 Å². The molecule has 1 saturated carbocycles. The molecular formula is C20H12N6OS2. The first kappa shape index (κ1) is 18.8. The number of aliphatic imine (C=N–C) groups is 2. The van der Waals surface area contributed by atoms with Gasteiger partial charge < -0.3 is 4.74 Å². The average Bonchev–Trinajstić information content (AvgIpc) is 3.35. The van der Waals surface area contributed by atoms with E-state index in [1.165, 1.54) is 22.7 Å². The molecule has 1 aliphatic carbocycles. The highest BCUT2D eigenvalue weighted by atomic mass is 32.1. The number of nitrogens with zero attached hydrogens (tertiary/aromatic N) is 6. The van der Waals surface area contributed by atoms with Gasteiger partial charge in [-0.2, -0.15) is 21.0 Å². The lowest BCUT2D eigenvalue weighted by Crippen LogP contribution is -2.37. The van der Waals surface area contributed by atoms with Crippen molar-refractivity contribution in [2.24, 2.45) is 9.98 Å². The number of thiophene rings is 2. The predicted molar refractivity (Wildman–Crippen MR) is 110 cm³/mol. The van der Waals surface area contributed by atoms with Crippen LogP contribution in [0.25, 0.3) is 9.75 Å². The summed E-state index contributed by atoms with van der Waals surface area (Å²) in [5.74, 6) is 0.691. The van der Waals surface area contributed by atoms with Gasteiger partial charge in [0, 0.05) is 11.6 Å². The second-order valence-electron chi connectivity index (χ2n) is 6.63. The molecule has 0 saturated heterocycles. The zero-order valence-corrected chi connectivity index (χ0v) is 16.7. The first-order chi connectivity index (χ1) is 14.1. The predicted octanol–water partition coefficient (Wildman–Crippen LogP) is 5.27. The Kier molecular flexibility index (Phi) is 4.87. The number of hydrogen-bond donors (Lipinski definition) is 0. The number of ether oxygens (including phenoxy) is 1. The van der Waals surface area contributed by atoms with Crippen molar-refractivity contribution in [2.75, 3.05) is 0 Å². The van der Waals surface area contributed by atoms with Gasteiger partial charge in [0.2, 0.25) is 11.4 Å². The molecule has 2 aromatic heterocycles. The SMILES string of the molecule is N#CC(C#N)=Nc1cc2c(s1)-c1sc(N=C(C#N)C#N)cc1C1(CCCCC1)O2. The third kappa shape index (κ3) is 3.28. The van der Waals surface area contributed by atoms with Crippen molar-refractivity contribution in [2.45, 2.75) is 37.7 Å². The highest BCUT2D eigenvalue weighted by molar-refractivity contribution is 7.26. The van der Waals surface area contributed by atoms with Crippen LogP contribution in [0.3, 0.4) is 0 Å². The van der Waals surface area contributed by atoms with E-state index in [2.05, 4.69) is 9.98 Å². The van der Waals surface area contributed by atoms with Crippen LogP contribution in [-0.4, -0.2) is 11.4 Å². The second-order valence-corrected chi connectivity index (χ2v) is 8.69.